The van der Waals surface area contributed by atoms with Gasteiger partial charge in [0.25, 0.3) is 0 Å². The van der Waals surface area contributed by atoms with E-state index < -0.39 is 0 Å². The Morgan fingerprint density at radius 3 is 2.86 bits per heavy atom. The fourth-order valence-electron chi connectivity index (χ4n) is 0.659. The highest BCUT2D eigenvalue weighted by Crippen LogP contribution is 2.16. The fourth-order valence-corrected chi connectivity index (χ4v) is 1.18. The van der Waals surface area contributed by atoms with Gasteiger partial charge in [0.15, 0.2) is 0 Å². The Balaban J connectivity index is 2.59. The molecule has 0 aliphatic heterocycles. The average molecular weight is 206 g/mol. The predicted molar refractivity (Wildman–Crippen MR) is 40.5 cm³/mol. The van der Waals surface area contributed by atoms with Crippen LogP contribution in [0.4, 0.5) is 0 Å². The summed E-state index contributed by atoms with van der Waals surface area (Å²) in [6.45, 7) is 0. The molecule has 1 rings (SSSR count). The molecule has 0 fully saturated rings. The van der Waals surface area contributed by atoms with Gasteiger partial charge >= 0.3 is 0 Å². The first-order valence-electron chi connectivity index (χ1n) is 2.39. The first-order chi connectivity index (χ1) is 3.43. The van der Waals surface area contributed by atoms with E-state index in [9.17, 15) is 0 Å². The zero-order chi connectivity index (χ0) is 5.11. The van der Waals surface area contributed by atoms with Crippen LogP contribution in [-0.4, -0.2) is 0 Å². The molecule has 0 spiro atoms. The molecule has 1 aliphatic rings. The zero-order valence-corrected chi connectivity index (χ0v) is 6.18. The quantitative estimate of drug-likeness (QED) is 0.534. The van der Waals surface area contributed by atoms with E-state index in [4.69, 9.17) is 0 Å². The Bertz CT molecular complexity index is 109. The van der Waals surface area contributed by atoms with Crippen molar-refractivity contribution in [3.05, 3.63) is 21.8 Å². The lowest BCUT2D eigenvalue weighted by Gasteiger charge is -1.82. The van der Waals surface area contributed by atoms with Gasteiger partial charge in [-0.3, -0.25) is 0 Å². The summed E-state index contributed by atoms with van der Waals surface area (Å²) in [5, 5.41) is 0. The SMILES string of the molecule is I/C=C1/C=CCC1. The van der Waals surface area contributed by atoms with Crippen LogP contribution in [0.25, 0.3) is 0 Å². The molecule has 0 saturated heterocycles. The third kappa shape index (κ3) is 1.30. The highest BCUT2D eigenvalue weighted by molar-refractivity contribution is 14.1. The molecular weight excluding hydrogens is 199 g/mol. The van der Waals surface area contributed by atoms with Crippen molar-refractivity contribution in [2.24, 2.45) is 0 Å². The number of rotatable bonds is 0. The molecular formula is C6H7I. The minimum absolute atomic E-state index is 1.24. The average Bonchev–Trinajstić information content (AvgIpc) is 2.14. The van der Waals surface area contributed by atoms with Crippen LogP contribution < -0.4 is 0 Å². The van der Waals surface area contributed by atoms with Crippen LogP contribution in [0.3, 0.4) is 0 Å². The molecule has 0 nitrogen and oxygen atoms in total. The van der Waals surface area contributed by atoms with Crippen LogP contribution in [0.15, 0.2) is 21.8 Å². The molecule has 0 saturated carbocycles. The zero-order valence-electron chi connectivity index (χ0n) is 4.02. The third-order valence-corrected chi connectivity index (χ3v) is 1.87. The molecule has 0 N–H and O–H groups in total. The molecule has 0 heterocycles. The van der Waals surface area contributed by atoms with Gasteiger partial charge in [-0.25, -0.2) is 0 Å². The van der Waals surface area contributed by atoms with Crippen LogP contribution in [0.5, 0.6) is 0 Å². The lowest BCUT2D eigenvalue weighted by Crippen LogP contribution is -1.62. The van der Waals surface area contributed by atoms with E-state index in [2.05, 4.69) is 38.8 Å². The molecule has 0 aromatic carbocycles. The molecule has 0 unspecified atom stereocenters. The molecule has 0 bridgehead atoms. The van der Waals surface area contributed by atoms with Crippen molar-refractivity contribution in [3.8, 4) is 0 Å². The third-order valence-electron chi connectivity index (χ3n) is 1.07. The summed E-state index contributed by atoms with van der Waals surface area (Å²) in [5.74, 6) is 0. The van der Waals surface area contributed by atoms with Crippen molar-refractivity contribution in [1.82, 2.24) is 0 Å². The maximum atomic E-state index is 2.28. The van der Waals surface area contributed by atoms with E-state index in [0.29, 0.717) is 0 Å². The summed E-state index contributed by atoms with van der Waals surface area (Å²) in [5.41, 5.74) is 1.47. The Morgan fingerprint density at radius 2 is 2.57 bits per heavy atom. The second kappa shape index (κ2) is 2.50. The molecule has 0 aromatic heterocycles. The highest BCUT2D eigenvalue weighted by atomic mass is 127. The fraction of sp³-hybridized carbons (Fsp3) is 0.333. The van der Waals surface area contributed by atoms with Crippen LogP contribution >= 0.6 is 22.6 Å². The highest BCUT2D eigenvalue weighted by Gasteiger charge is 1.94. The molecule has 0 amide bonds. The first kappa shape index (κ1) is 5.35. The van der Waals surface area contributed by atoms with Gasteiger partial charge in [0, 0.05) is 0 Å². The van der Waals surface area contributed by atoms with E-state index in [1.54, 1.807) is 0 Å². The van der Waals surface area contributed by atoms with Gasteiger partial charge in [-0.2, -0.15) is 0 Å². The standard InChI is InChI=1S/C6H7I/c7-5-6-3-1-2-4-6/h1,3,5H,2,4H2/b6-5-. The Labute approximate surface area is 57.4 Å². The normalized spacial score (nSPS) is 24.4. The Hall–Kier alpha value is 0.210. The van der Waals surface area contributed by atoms with Crippen molar-refractivity contribution in [2.45, 2.75) is 12.8 Å². The largest absolute Gasteiger partial charge is 0.0839 e. The van der Waals surface area contributed by atoms with Crippen LogP contribution in [0.2, 0.25) is 0 Å². The predicted octanol–water partition coefficient (Wildman–Crippen LogP) is 2.66. The second-order valence-electron chi connectivity index (χ2n) is 1.63. The molecule has 1 aliphatic carbocycles. The van der Waals surface area contributed by atoms with Gasteiger partial charge < -0.3 is 0 Å². The van der Waals surface area contributed by atoms with Crippen LogP contribution in [0.1, 0.15) is 12.8 Å². The van der Waals surface area contributed by atoms with Gasteiger partial charge in [0.05, 0.1) is 0 Å². The molecule has 0 atom stereocenters. The molecule has 38 valence electrons. The minimum Gasteiger partial charge on any atom is -0.0839 e. The summed E-state index contributed by atoms with van der Waals surface area (Å²) in [6, 6.07) is 0. The van der Waals surface area contributed by atoms with Crippen molar-refractivity contribution < 1.29 is 0 Å². The monoisotopic (exact) mass is 206 g/mol. The number of hydrogen-bond acceptors (Lipinski definition) is 0. The summed E-state index contributed by atoms with van der Waals surface area (Å²) in [6.07, 6.45) is 6.90. The van der Waals surface area contributed by atoms with Gasteiger partial charge in [0.2, 0.25) is 0 Å². The number of halogens is 1. The van der Waals surface area contributed by atoms with Crippen molar-refractivity contribution >= 4 is 22.6 Å². The Morgan fingerprint density at radius 1 is 1.71 bits per heavy atom. The smallest absolute Gasteiger partial charge is 0.0202 e. The summed E-state index contributed by atoms with van der Waals surface area (Å²) < 4.78 is 2.14. The second-order valence-corrected chi connectivity index (χ2v) is 2.25. The van der Waals surface area contributed by atoms with Gasteiger partial charge in [-0.1, -0.05) is 34.7 Å². The molecule has 0 radical (unpaired) electrons. The van der Waals surface area contributed by atoms with Crippen molar-refractivity contribution in [3.63, 3.8) is 0 Å². The van der Waals surface area contributed by atoms with E-state index in [-0.39, 0.29) is 0 Å². The van der Waals surface area contributed by atoms with Gasteiger partial charge in [-0.15, -0.1) is 0 Å². The minimum atomic E-state index is 1.24. The summed E-state index contributed by atoms with van der Waals surface area (Å²) in [4.78, 5) is 0. The number of hydrogen-bond donors (Lipinski definition) is 0. The van der Waals surface area contributed by atoms with Crippen LogP contribution in [-0.2, 0) is 0 Å². The maximum Gasteiger partial charge on any atom is -0.0202 e. The van der Waals surface area contributed by atoms with Crippen molar-refractivity contribution in [1.29, 1.82) is 0 Å². The molecule has 1 heteroatoms. The first-order valence-corrected chi connectivity index (χ1v) is 3.64. The topological polar surface area (TPSA) is 0 Å². The van der Waals surface area contributed by atoms with E-state index in [1.807, 2.05) is 0 Å². The Kier molecular flexibility index (Phi) is 1.91. The molecule has 7 heavy (non-hydrogen) atoms. The summed E-state index contributed by atoms with van der Waals surface area (Å²) >= 11 is 2.28. The van der Waals surface area contributed by atoms with Crippen molar-refractivity contribution in [2.75, 3.05) is 0 Å². The van der Waals surface area contributed by atoms with E-state index in [0.717, 1.165) is 0 Å². The lowest BCUT2D eigenvalue weighted by atomic mass is 10.3. The maximum absolute atomic E-state index is 2.28. The molecule has 0 aromatic rings. The van der Waals surface area contributed by atoms with E-state index in [1.165, 1.54) is 18.4 Å². The van der Waals surface area contributed by atoms with Crippen LogP contribution in [0, 0.1) is 0 Å². The van der Waals surface area contributed by atoms with Gasteiger partial charge in [0.1, 0.15) is 0 Å². The van der Waals surface area contributed by atoms with E-state index >= 15 is 0 Å². The summed E-state index contributed by atoms with van der Waals surface area (Å²) in [7, 11) is 0. The van der Waals surface area contributed by atoms with Gasteiger partial charge in [-0.05, 0) is 22.5 Å². The lowest BCUT2D eigenvalue weighted by molar-refractivity contribution is 1.07. The number of allylic oxidation sites excluding steroid dienone is 3.